The van der Waals surface area contributed by atoms with Crippen molar-refractivity contribution in [3.8, 4) is 33.4 Å². The van der Waals surface area contributed by atoms with Crippen molar-refractivity contribution in [1.29, 1.82) is 0 Å². The van der Waals surface area contributed by atoms with Crippen molar-refractivity contribution in [2.45, 2.75) is 5.54 Å². The summed E-state index contributed by atoms with van der Waals surface area (Å²) in [5.41, 5.74) is 9.15. The lowest BCUT2D eigenvalue weighted by Gasteiger charge is -2.32. The van der Waals surface area contributed by atoms with Gasteiger partial charge in [0.15, 0.2) is 0 Å². The van der Waals surface area contributed by atoms with Gasteiger partial charge in [-0.1, -0.05) is 151 Å². The van der Waals surface area contributed by atoms with E-state index in [1.165, 1.54) is 16.7 Å². The van der Waals surface area contributed by atoms with Crippen LogP contribution < -0.4 is 5.32 Å². The number of benzene rings is 6. The minimum Gasteiger partial charge on any atom is -0.347 e. The average molecular weight is 573 g/mol. The van der Waals surface area contributed by atoms with E-state index in [0.717, 1.165) is 39.2 Å². The number of amidine groups is 1. The summed E-state index contributed by atoms with van der Waals surface area (Å²) < 4.78 is 0. The Morgan fingerprint density at radius 1 is 0.442 bits per heavy atom. The first kappa shape index (κ1) is 26.7. The van der Waals surface area contributed by atoms with E-state index < -0.39 is 5.54 Å². The highest BCUT2D eigenvalue weighted by molar-refractivity contribution is 6.31. The summed E-state index contributed by atoms with van der Waals surface area (Å²) in [6.07, 6.45) is 4.13. The molecule has 0 radical (unpaired) electrons. The van der Waals surface area contributed by atoms with Crippen LogP contribution in [-0.4, -0.2) is 5.84 Å². The van der Waals surface area contributed by atoms with Gasteiger partial charge in [-0.15, -0.1) is 0 Å². The van der Waals surface area contributed by atoms with Crippen LogP contribution in [0.15, 0.2) is 175 Å². The SMILES string of the molecule is Clc1cc(-c2ccccc2)cc(C2(c3ccc(-c4ccccc4)cc3)C=CNC(c3ccc(-c4ccccc4)cc3)=N2)c1. The van der Waals surface area contributed by atoms with Crippen molar-refractivity contribution in [3.63, 3.8) is 0 Å². The highest BCUT2D eigenvalue weighted by Crippen LogP contribution is 2.41. The maximum Gasteiger partial charge on any atom is 0.133 e. The molecular formula is C40H29ClN2. The first-order valence-electron chi connectivity index (χ1n) is 14.4. The lowest BCUT2D eigenvalue weighted by atomic mass is 9.80. The van der Waals surface area contributed by atoms with Crippen LogP contribution in [0.25, 0.3) is 33.4 Å². The van der Waals surface area contributed by atoms with Crippen LogP contribution in [0.4, 0.5) is 0 Å². The second-order valence-electron chi connectivity index (χ2n) is 10.7. The molecule has 0 fully saturated rings. The highest BCUT2D eigenvalue weighted by Gasteiger charge is 2.35. The third kappa shape index (κ3) is 5.41. The Morgan fingerprint density at radius 3 is 1.47 bits per heavy atom. The molecule has 0 aromatic heterocycles. The predicted molar refractivity (Wildman–Crippen MR) is 180 cm³/mol. The summed E-state index contributed by atoms with van der Waals surface area (Å²) in [5.74, 6) is 0.801. The molecule has 3 heteroatoms. The van der Waals surface area contributed by atoms with E-state index in [9.17, 15) is 0 Å². The van der Waals surface area contributed by atoms with E-state index in [-0.39, 0.29) is 0 Å². The molecule has 6 aromatic carbocycles. The molecule has 7 rings (SSSR count). The van der Waals surface area contributed by atoms with Crippen molar-refractivity contribution in [3.05, 3.63) is 192 Å². The number of halogens is 1. The zero-order valence-corrected chi connectivity index (χ0v) is 24.2. The number of aliphatic imine (C=N–C) groups is 1. The topological polar surface area (TPSA) is 24.4 Å². The van der Waals surface area contributed by atoms with Crippen molar-refractivity contribution < 1.29 is 0 Å². The minimum absolute atomic E-state index is 0.674. The largest absolute Gasteiger partial charge is 0.347 e. The molecule has 43 heavy (non-hydrogen) atoms. The van der Waals surface area contributed by atoms with Crippen molar-refractivity contribution in [2.24, 2.45) is 4.99 Å². The van der Waals surface area contributed by atoms with Crippen molar-refractivity contribution in [2.75, 3.05) is 0 Å². The maximum atomic E-state index is 6.81. The molecular weight excluding hydrogens is 544 g/mol. The lowest BCUT2D eigenvalue weighted by Crippen LogP contribution is -2.34. The van der Waals surface area contributed by atoms with E-state index in [4.69, 9.17) is 16.6 Å². The van der Waals surface area contributed by atoms with Gasteiger partial charge in [-0.3, -0.25) is 0 Å². The molecule has 1 N–H and O–H groups in total. The predicted octanol–water partition coefficient (Wildman–Crippen LogP) is 10.1. The first-order chi connectivity index (χ1) is 21.2. The quantitative estimate of drug-likeness (QED) is 0.211. The average Bonchev–Trinajstić information content (AvgIpc) is 3.09. The van der Waals surface area contributed by atoms with Crippen LogP contribution in [0.2, 0.25) is 5.02 Å². The Kier molecular flexibility index (Phi) is 7.20. The fourth-order valence-electron chi connectivity index (χ4n) is 5.73. The summed E-state index contributed by atoms with van der Waals surface area (Å²) in [6, 6.07) is 54.7. The van der Waals surface area contributed by atoms with Gasteiger partial charge in [-0.25, -0.2) is 4.99 Å². The fourth-order valence-corrected chi connectivity index (χ4v) is 5.96. The Bertz CT molecular complexity index is 1910. The van der Waals surface area contributed by atoms with Crippen LogP contribution in [0.3, 0.4) is 0 Å². The summed E-state index contributed by atoms with van der Waals surface area (Å²) in [5, 5.41) is 4.10. The number of hydrogen-bond acceptors (Lipinski definition) is 2. The van der Waals surface area contributed by atoms with Gasteiger partial charge in [0.25, 0.3) is 0 Å². The van der Waals surface area contributed by atoms with E-state index in [2.05, 4.69) is 127 Å². The number of nitrogens with one attached hydrogen (secondary N) is 1. The molecule has 1 aliphatic heterocycles. The molecule has 0 spiro atoms. The van der Waals surface area contributed by atoms with E-state index in [0.29, 0.717) is 5.02 Å². The molecule has 206 valence electrons. The molecule has 6 aromatic rings. The standard InChI is InChI=1S/C40H29ClN2/c41-38-27-35(31-14-8-3-9-15-31)26-37(28-38)40(36-22-20-33(21-23-36)30-12-6-2-7-13-30)24-25-42-39(43-40)34-18-16-32(17-19-34)29-10-4-1-5-11-29/h1-28H,(H,42,43). The zero-order valence-electron chi connectivity index (χ0n) is 23.5. The highest BCUT2D eigenvalue weighted by atomic mass is 35.5. The number of rotatable bonds is 6. The smallest absolute Gasteiger partial charge is 0.133 e. The molecule has 1 heterocycles. The van der Waals surface area contributed by atoms with Crippen LogP contribution in [-0.2, 0) is 5.54 Å². The normalized spacial score (nSPS) is 15.9. The van der Waals surface area contributed by atoms with E-state index in [1.807, 2.05) is 48.7 Å². The first-order valence-corrected chi connectivity index (χ1v) is 14.8. The molecule has 0 bridgehead atoms. The zero-order chi connectivity index (χ0) is 29.1. The molecule has 1 atom stereocenters. The minimum atomic E-state index is -0.789. The maximum absolute atomic E-state index is 6.81. The molecule has 0 aliphatic carbocycles. The van der Waals surface area contributed by atoms with E-state index >= 15 is 0 Å². The van der Waals surface area contributed by atoms with Crippen LogP contribution >= 0.6 is 11.6 Å². The lowest BCUT2D eigenvalue weighted by molar-refractivity contribution is 0.667. The van der Waals surface area contributed by atoms with Crippen LogP contribution in [0.5, 0.6) is 0 Å². The van der Waals surface area contributed by atoms with Gasteiger partial charge in [-0.2, -0.15) is 0 Å². The van der Waals surface area contributed by atoms with Crippen molar-refractivity contribution >= 4 is 17.4 Å². The van der Waals surface area contributed by atoms with Gasteiger partial charge in [0, 0.05) is 16.8 Å². The van der Waals surface area contributed by atoms with Gasteiger partial charge in [0.2, 0.25) is 0 Å². The molecule has 0 amide bonds. The number of hydrogen-bond donors (Lipinski definition) is 1. The fraction of sp³-hybridized carbons (Fsp3) is 0.0250. The van der Waals surface area contributed by atoms with Gasteiger partial charge in [0.1, 0.15) is 11.4 Å². The van der Waals surface area contributed by atoms with Crippen LogP contribution in [0, 0.1) is 0 Å². The van der Waals surface area contributed by atoms with Gasteiger partial charge >= 0.3 is 0 Å². The molecule has 1 aliphatic rings. The molecule has 2 nitrogen and oxygen atoms in total. The van der Waals surface area contributed by atoms with E-state index in [1.54, 1.807) is 0 Å². The number of nitrogens with zero attached hydrogens (tertiary/aromatic N) is 1. The summed E-state index contributed by atoms with van der Waals surface area (Å²) in [7, 11) is 0. The summed E-state index contributed by atoms with van der Waals surface area (Å²) in [4.78, 5) is 5.46. The Labute approximate surface area is 257 Å². The van der Waals surface area contributed by atoms with Gasteiger partial charge in [0.05, 0.1) is 0 Å². The Morgan fingerprint density at radius 2 is 0.907 bits per heavy atom. The third-order valence-corrected chi connectivity index (χ3v) is 8.19. The third-order valence-electron chi connectivity index (χ3n) is 7.98. The summed E-state index contributed by atoms with van der Waals surface area (Å²) in [6.45, 7) is 0. The molecule has 0 saturated carbocycles. The monoisotopic (exact) mass is 572 g/mol. The van der Waals surface area contributed by atoms with Gasteiger partial charge in [-0.05, 0) is 68.8 Å². The molecule has 0 saturated heterocycles. The Hall–Kier alpha value is -5.18. The second kappa shape index (κ2) is 11.6. The van der Waals surface area contributed by atoms with Gasteiger partial charge < -0.3 is 5.32 Å². The van der Waals surface area contributed by atoms with Crippen LogP contribution in [0.1, 0.15) is 16.7 Å². The summed E-state index contributed by atoms with van der Waals surface area (Å²) >= 11 is 6.81. The molecule has 1 unspecified atom stereocenters. The second-order valence-corrected chi connectivity index (χ2v) is 11.1. The van der Waals surface area contributed by atoms with Crippen molar-refractivity contribution in [1.82, 2.24) is 5.32 Å². The Balaban J connectivity index is 1.36.